The molecule has 0 amide bonds. The van der Waals surface area contributed by atoms with Crippen LogP contribution >= 0.6 is 11.3 Å². The number of nitrogens with one attached hydrogen (secondary N) is 1. The minimum Gasteiger partial charge on any atom is -0.310 e. The highest BCUT2D eigenvalue weighted by atomic mass is 32.1. The molecule has 0 saturated heterocycles. The Labute approximate surface area is 84.9 Å². The fourth-order valence-corrected chi connectivity index (χ4v) is 1.97. The third-order valence-electron chi connectivity index (χ3n) is 1.83. The molecule has 0 fully saturated rings. The fraction of sp³-hybridized carbons (Fsp3) is 0.556. The van der Waals surface area contributed by atoms with Crippen molar-refractivity contribution in [3.05, 3.63) is 22.4 Å². The first-order valence-electron chi connectivity index (χ1n) is 4.35. The fourth-order valence-electron chi connectivity index (χ4n) is 1.26. The lowest BCUT2D eigenvalue weighted by molar-refractivity contribution is -0.140. The first kappa shape index (κ1) is 11.5. The summed E-state index contributed by atoms with van der Waals surface area (Å²) in [5.74, 6) is 0. The van der Waals surface area contributed by atoms with E-state index in [-0.39, 0.29) is 0 Å². The molecule has 1 heterocycles. The molecule has 1 N–H and O–H groups in total. The smallest absolute Gasteiger partial charge is 0.310 e. The molecular formula is C9H12F3NS. The van der Waals surface area contributed by atoms with Crippen LogP contribution in [-0.4, -0.2) is 12.7 Å². The molecule has 1 atom stereocenters. The van der Waals surface area contributed by atoms with Crippen LogP contribution in [0.1, 0.15) is 24.9 Å². The van der Waals surface area contributed by atoms with Gasteiger partial charge in [0.1, 0.15) is 0 Å². The van der Waals surface area contributed by atoms with Crippen LogP contribution in [0, 0.1) is 0 Å². The van der Waals surface area contributed by atoms with E-state index in [2.05, 4.69) is 5.32 Å². The maximum atomic E-state index is 12.2. The van der Waals surface area contributed by atoms with Gasteiger partial charge in [-0.3, -0.25) is 0 Å². The lowest BCUT2D eigenvalue weighted by Gasteiger charge is -2.18. The number of hydrogen-bond donors (Lipinski definition) is 1. The summed E-state index contributed by atoms with van der Waals surface area (Å²) in [5, 5.41) is 6.37. The van der Waals surface area contributed by atoms with E-state index in [9.17, 15) is 13.2 Å². The second kappa shape index (κ2) is 4.79. The van der Waals surface area contributed by atoms with Crippen molar-refractivity contribution in [3.63, 3.8) is 0 Å². The van der Waals surface area contributed by atoms with Crippen molar-refractivity contribution >= 4 is 11.3 Å². The number of rotatable bonds is 4. The molecule has 80 valence electrons. The molecule has 0 saturated carbocycles. The Kier molecular flexibility index (Phi) is 3.95. The molecule has 1 aromatic heterocycles. The summed E-state index contributed by atoms with van der Waals surface area (Å²) in [6.07, 6.45) is -4.92. The molecule has 0 aromatic carbocycles. The summed E-state index contributed by atoms with van der Waals surface area (Å²) in [6.45, 7) is 2.34. The summed E-state index contributed by atoms with van der Waals surface area (Å²) in [6, 6.07) is 1.12. The van der Waals surface area contributed by atoms with Crippen molar-refractivity contribution in [3.8, 4) is 0 Å². The van der Waals surface area contributed by atoms with Crippen LogP contribution in [0.15, 0.2) is 16.8 Å². The van der Waals surface area contributed by atoms with E-state index in [0.717, 1.165) is 0 Å². The SMILES string of the molecule is CCNC(CC(F)(F)F)c1ccsc1. The second-order valence-electron chi connectivity index (χ2n) is 2.99. The first-order chi connectivity index (χ1) is 6.53. The normalized spacial score (nSPS) is 14.3. The zero-order valence-electron chi connectivity index (χ0n) is 7.77. The molecule has 1 aromatic rings. The van der Waals surface area contributed by atoms with Gasteiger partial charge in [-0.25, -0.2) is 0 Å². The van der Waals surface area contributed by atoms with Crippen LogP contribution in [0.2, 0.25) is 0 Å². The summed E-state index contributed by atoms with van der Waals surface area (Å²) >= 11 is 1.41. The second-order valence-corrected chi connectivity index (χ2v) is 3.77. The highest BCUT2D eigenvalue weighted by Gasteiger charge is 2.32. The molecule has 0 radical (unpaired) electrons. The summed E-state index contributed by atoms with van der Waals surface area (Å²) in [7, 11) is 0. The van der Waals surface area contributed by atoms with Gasteiger partial charge in [-0.2, -0.15) is 24.5 Å². The van der Waals surface area contributed by atoms with Gasteiger partial charge < -0.3 is 5.32 Å². The van der Waals surface area contributed by atoms with Gasteiger partial charge in [-0.1, -0.05) is 6.92 Å². The molecule has 5 heteroatoms. The van der Waals surface area contributed by atoms with Crippen LogP contribution in [0.25, 0.3) is 0 Å². The molecule has 0 aliphatic rings. The van der Waals surface area contributed by atoms with Gasteiger partial charge in [0.2, 0.25) is 0 Å². The third kappa shape index (κ3) is 3.67. The van der Waals surface area contributed by atoms with Crippen molar-refractivity contribution in [2.24, 2.45) is 0 Å². The van der Waals surface area contributed by atoms with Gasteiger partial charge in [0.05, 0.1) is 6.42 Å². The number of thiophene rings is 1. The predicted octanol–water partition coefficient (Wildman–Crippen LogP) is 3.35. The van der Waals surface area contributed by atoms with Crippen molar-refractivity contribution in [1.82, 2.24) is 5.32 Å². The molecule has 0 aliphatic heterocycles. The number of halogens is 3. The van der Waals surface area contributed by atoms with E-state index < -0.39 is 18.6 Å². The largest absolute Gasteiger partial charge is 0.390 e. The number of alkyl halides is 3. The minimum absolute atomic E-state index is 0.538. The molecular weight excluding hydrogens is 211 g/mol. The van der Waals surface area contributed by atoms with Crippen molar-refractivity contribution in [2.75, 3.05) is 6.54 Å². The molecule has 0 bridgehead atoms. The zero-order chi connectivity index (χ0) is 10.6. The van der Waals surface area contributed by atoms with Crippen LogP contribution in [0.4, 0.5) is 13.2 Å². The average molecular weight is 223 g/mol. The monoisotopic (exact) mass is 223 g/mol. The van der Waals surface area contributed by atoms with Crippen molar-refractivity contribution in [1.29, 1.82) is 0 Å². The molecule has 1 rings (SSSR count). The molecule has 0 spiro atoms. The number of hydrogen-bond acceptors (Lipinski definition) is 2. The molecule has 14 heavy (non-hydrogen) atoms. The van der Waals surface area contributed by atoms with E-state index in [1.54, 1.807) is 23.8 Å². The Morgan fingerprint density at radius 3 is 2.64 bits per heavy atom. The lowest BCUT2D eigenvalue weighted by Crippen LogP contribution is -2.26. The van der Waals surface area contributed by atoms with Crippen molar-refractivity contribution < 1.29 is 13.2 Å². The Morgan fingerprint density at radius 2 is 2.21 bits per heavy atom. The van der Waals surface area contributed by atoms with Gasteiger partial charge >= 0.3 is 6.18 Å². The van der Waals surface area contributed by atoms with Crippen molar-refractivity contribution in [2.45, 2.75) is 25.6 Å². The van der Waals surface area contributed by atoms with E-state index in [4.69, 9.17) is 0 Å². The van der Waals surface area contributed by atoms with Gasteiger partial charge in [-0.05, 0) is 28.9 Å². The summed E-state index contributed by atoms with van der Waals surface area (Å²) in [5.41, 5.74) is 0.717. The maximum absolute atomic E-state index is 12.2. The standard InChI is InChI=1S/C9H12F3NS/c1-2-13-8(5-9(10,11)12)7-3-4-14-6-7/h3-4,6,8,13H,2,5H2,1H3. The Balaban J connectivity index is 2.65. The topological polar surface area (TPSA) is 12.0 Å². The Bertz CT molecular complexity index is 256. The first-order valence-corrected chi connectivity index (χ1v) is 5.29. The summed E-state index contributed by atoms with van der Waals surface area (Å²) in [4.78, 5) is 0. The van der Waals surface area contributed by atoms with Crippen LogP contribution < -0.4 is 5.32 Å². The van der Waals surface area contributed by atoms with E-state index in [1.807, 2.05) is 0 Å². The predicted molar refractivity (Wildman–Crippen MR) is 51.4 cm³/mol. The highest BCUT2D eigenvalue weighted by molar-refractivity contribution is 7.07. The average Bonchev–Trinajstić information content (AvgIpc) is 2.52. The zero-order valence-corrected chi connectivity index (χ0v) is 8.58. The molecule has 1 unspecified atom stereocenters. The van der Waals surface area contributed by atoms with Crippen LogP contribution in [-0.2, 0) is 0 Å². The Morgan fingerprint density at radius 1 is 1.50 bits per heavy atom. The maximum Gasteiger partial charge on any atom is 0.390 e. The van der Waals surface area contributed by atoms with E-state index in [1.165, 1.54) is 11.3 Å². The molecule has 0 aliphatic carbocycles. The molecule has 1 nitrogen and oxygen atoms in total. The third-order valence-corrected chi connectivity index (χ3v) is 2.53. The lowest BCUT2D eigenvalue weighted by atomic mass is 10.1. The van der Waals surface area contributed by atoms with Gasteiger partial charge in [0.15, 0.2) is 0 Å². The van der Waals surface area contributed by atoms with Crippen LogP contribution in [0.5, 0.6) is 0 Å². The van der Waals surface area contributed by atoms with Crippen LogP contribution in [0.3, 0.4) is 0 Å². The highest BCUT2D eigenvalue weighted by Crippen LogP contribution is 2.30. The van der Waals surface area contributed by atoms with E-state index in [0.29, 0.717) is 12.1 Å². The van der Waals surface area contributed by atoms with Gasteiger partial charge in [-0.15, -0.1) is 0 Å². The van der Waals surface area contributed by atoms with Gasteiger partial charge in [0, 0.05) is 6.04 Å². The summed E-state index contributed by atoms with van der Waals surface area (Å²) < 4.78 is 36.6. The minimum atomic E-state index is -4.12. The Hall–Kier alpha value is -0.550. The quantitative estimate of drug-likeness (QED) is 0.825. The van der Waals surface area contributed by atoms with E-state index >= 15 is 0 Å². The van der Waals surface area contributed by atoms with Gasteiger partial charge in [0.25, 0.3) is 0 Å².